The molecule has 1 heterocycles. The first-order valence-corrected chi connectivity index (χ1v) is 12.2. The predicted octanol–water partition coefficient (Wildman–Crippen LogP) is 3.80. The molecule has 3 aromatic carbocycles. The zero-order valence-corrected chi connectivity index (χ0v) is 20.5. The summed E-state index contributed by atoms with van der Waals surface area (Å²) in [6.45, 7) is 0.231. The van der Waals surface area contributed by atoms with E-state index in [4.69, 9.17) is 9.47 Å². The molecule has 1 aliphatic carbocycles. The van der Waals surface area contributed by atoms with E-state index in [2.05, 4.69) is 5.10 Å². The molecule has 5 rings (SSSR count). The van der Waals surface area contributed by atoms with Crippen molar-refractivity contribution >= 4 is 22.6 Å². The minimum Gasteiger partial charge on any atom is -0.497 e. The molecule has 0 atom stereocenters. The fourth-order valence-electron chi connectivity index (χ4n) is 4.26. The lowest BCUT2D eigenvalue weighted by atomic mass is 10.1. The Labute approximate surface area is 214 Å². The number of nitrogens with zero attached hydrogens (tertiary/aromatic N) is 3. The van der Waals surface area contributed by atoms with Crippen LogP contribution in [0.4, 0.5) is 0 Å². The van der Waals surface area contributed by atoms with Gasteiger partial charge in [0.2, 0.25) is 0 Å². The number of carbonyl (C=O) groups excluding carboxylic acids is 2. The van der Waals surface area contributed by atoms with Crippen molar-refractivity contribution in [2.24, 2.45) is 0 Å². The fraction of sp³-hybridized carbons (Fsp3) is 0.241. The first kappa shape index (κ1) is 24.2. The molecule has 0 N–H and O–H groups in total. The van der Waals surface area contributed by atoms with E-state index in [1.54, 1.807) is 36.3 Å². The van der Waals surface area contributed by atoms with E-state index in [9.17, 15) is 14.4 Å². The average molecular weight is 498 g/mol. The summed E-state index contributed by atoms with van der Waals surface area (Å²) in [6, 6.07) is 23.9. The van der Waals surface area contributed by atoms with Crippen LogP contribution in [0.25, 0.3) is 10.8 Å². The van der Waals surface area contributed by atoms with Crippen molar-refractivity contribution in [2.45, 2.75) is 32.0 Å². The van der Waals surface area contributed by atoms with Crippen LogP contribution in [0.2, 0.25) is 0 Å². The molecule has 0 aliphatic heterocycles. The molecule has 8 heteroatoms. The number of hydrogen-bond donors (Lipinski definition) is 0. The van der Waals surface area contributed by atoms with E-state index in [1.165, 1.54) is 4.68 Å². The highest BCUT2D eigenvalue weighted by Gasteiger charge is 2.33. The molecule has 1 aliphatic rings. The van der Waals surface area contributed by atoms with E-state index in [-0.39, 0.29) is 29.7 Å². The van der Waals surface area contributed by atoms with Gasteiger partial charge >= 0.3 is 5.97 Å². The van der Waals surface area contributed by atoms with E-state index in [0.717, 1.165) is 29.7 Å². The molecule has 1 fully saturated rings. The highest BCUT2D eigenvalue weighted by molar-refractivity contribution is 6.02. The molecule has 0 radical (unpaired) electrons. The van der Waals surface area contributed by atoms with Crippen molar-refractivity contribution in [3.8, 4) is 5.75 Å². The van der Waals surface area contributed by atoms with Gasteiger partial charge in [-0.05, 0) is 42.2 Å². The average Bonchev–Trinajstić information content (AvgIpc) is 3.78. The van der Waals surface area contributed by atoms with Gasteiger partial charge in [-0.1, -0.05) is 60.7 Å². The Morgan fingerprint density at radius 3 is 2.27 bits per heavy atom. The topological polar surface area (TPSA) is 90.7 Å². The van der Waals surface area contributed by atoms with Gasteiger partial charge < -0.3 is 14.4 Å². The van der Waals surface area contributed by atoms with Crippen LogP contribution in [0.3, 0.4) is 0 Å². The Kier molecular flexibility index (Phi) is 6.98. The van der Waals surface area contributed by atoms with Crippen LogP contribution < -0.4 is 10.3 Å². The summed E-state index contributed by atoms with van der Waals surface area (Å²) >= 11 is 0. The maximum Gasteiger partial charge on any atom is 0.359 e. The standard InChI is InChI=1S/C29H27N3O5/c1-36-23-15-11-21(12-16-23)17-31(22-13-14-22)26(33)19-37-29(35)27-24-9-5-6-10-25(24)28(34)32(30-27)18-20-7-3-2-4-8-20/h2-12,15-16,22H,13-14,17-19H2,1H3. The number of rotatable bonds is 9. The van der Waals surface area contributed by atoms with Gasteiger partial charge in [0.1, 0.15) is 5.75 Å². The zero-order chi connectivity index (χ0) is 25.8. The third kappa shape index (κ3) is 5.53. The lowest BCUT2D eigenvalue weighted by Crippen LogP contribution is -2.36. The summed E-state index contributed by atoms with van der Waals surface area (Å²) in [4.78, 5) is 41.0. The number of ether oxygens (including phenoxy) is 2. The number of benzene rings is 3. The Hall–Kier alpha value is -4.46. The van der Waals surface area contributed by atoms with E-state index in [1.807, 2.05) is 54.6 Å². The van der Waals surface area contributed by atoms with E-state index >= 15 is 0 Å². The smallest absolute Gasteiger partial charge is 0.359 e. The van der Waals surface area contributed by atoms with Crippen molar-refractivity contribution in [3.05, 3.63) is 106 Å². The summed E-state index contributed by atoms with van der Waals surface area (Å²) in [6.07, 6.45) is 1.85. The quantitative estimate of drug-likeness (QED) is 0.327. The molecule has 1 saturated carbocycles. The monoisotopic (exact) mass is 497 g/mol. The first-order valence-electron chi connectivity index (χ1n) is 12.2. The number of methoxy groups -OCH3 is 1. The van der Waals surface area contributed by atoms with Crippen molar-refractivity contribution in [2.75, 3.05) is 13.7 Å². The van der Waals surface area contributed by atoms with Crippen LogP contribution in [-0.2, 0) is 22.6 Å². The molecule has 37 heavy (non-hydrogen) atoms. The Morgan fingerprint density at radius 2 is 1.59 bits per heavy atom. The van der Waals surface area contributed by atoms with Gasteiger partial charge in [-0.25, -0.2) is 9.48 Å². The molecule has 0 bridgehead atoms. The van der Waals surface area contributed by atoms with Gasteiger partial charge in [-0.15, -0.1) is 0 Å². The van der Waals surface area contributed by atoms with Crippen LogP contribution in [-0.4, -0.2) is 46.3 Å². The molecule has 0 spiro atoms. The van der Waals surface area contributed by atoms with Gasteiger partial charge in [0.25, 0.3) is 11.5 Å². The maximum atomic E-state index is 13.1. The number of carbonyl (C=O) groups is 2. The van der Waals surface area contributed by atoms with Crippen molar-refractivity contribution in [1.29, 1.82) is 0 Å². The molecule has 0 saturated heterocycles. The second kappa shape index (κ2) is 10.7. The minimum absolute atomic E-state index is 0.00653. The molecule has 0 unspecified atom stereocenters. The number of esters is 1. The number of hydrogen-bond acceptors (Lipinski definition) is 6. The van der Waals surface area contributed by atoms with Gasteiger partial charge in [0, 0.05) is 18.0 Å². The second-order valence-corrected chi connectivity index (χ2v) is 9.02. The Balaban J connectivity index is 1.34. The molecule has 188 valence electrons. The fourth-order valence-corrected chi connectivity index (χ4v) is 4.26. The SMILES string of the molecule is COc1ccc(CN(C(=O)COC(=O)c2nn(Cc3ccccc3)c(=O)c3ccccc23)C2CC2)cc1. The van der Waals surface area contributed by atoms with Crippen molar-refractivity contribution < 1.29 is 19.1 Å². The molecule has 4 aromatic rings. The third-order valence-corrected chi connectivity index (χ3v) is 6.38. The van der Waals surface area contributed by atoms with Gasteiger partial charge in [0.05, 0.1) is 19.0 Å². The molecule has 1 aromatic heterocycles. The Morgan fingerprint density at radius 1 is 0.919 bits per heavy atom. The Bertz CT molecular complexity index is 1480. The second-order valence-electron chi connectivity index (χ2n) is 9.02. The molecule has 1 amide bonds. The highest BCUT2D eigenvalue weighted by atomic mass is 16.5. The zero-order valence-electron chi connectivity index (χ0n) is 20.5. The molecule has 8 nitrogen and oxygen atoms in total. The summed E-state index contributed by atoms with van der Waals surface area (Å²) in [5.74, 6) is -0.268. The summed E-state index contributed by atoms with van der Waals surface area (Å²) < 4.78 is 11.9. The van der Waals surface area contributed by atoms with Crippen LogP contribution in [0.1, 0.15) is 34.5 Å². The lowest BCUT2D eigenvalue weighted by Gasteiger charge is -2.22. The van der Waals surface area contributed by atoms with Crippen LogP contribution in [0.5, 0.6) is 5.75 Å². The van der Waals surface area contributed by atoms with E-state index in [0.29, 0.717) is 17.3 Å². The highest BCUT2D eigenvalue weighted by Crippen LogP contribution is 2.29. The number of amides is 1. The summed E-state index contributed by atoms with van der Waals surface area (Å²) in [5, 5.41) is 5.10. The summed E-state index contributed by atoms with van der Waals surface area (Å²) in [5.41, 5.74) is 1.55. The normalized spacial score (nSPS) is 12.8. The van der Waals surface area contributed by atoms with Crippen molar-refractivity contribution in [3.63, 3.8) is 0 Å². The van der Waals surface area contributed by atoms with Gasteiger partial charge in [0.15, 0.2) is 12.3 Å². The molecular weight excluding hydrogens is 470 g/mol. The number of aromatic nitrogens is 2. The van der Waals surface area contributed by atoms with E-state index < -0.39 is 12.6 Å². The van der Waals surface area contributed by atoms with Crippen LogP contribution in [0.15, 0.2) is 83.7 Å². The van der Waals surface area contributed by atoms with Crippen LogP contribution >= 0.6 is 0 Å². The lowest BCUT2D eigenvalue weighted by molar-refractivity contribution is -0.135. The predicted molar refractivity (Wildman–Crippen MR) is 138 cm³/mol. The van der Waals surface area contributed by atoms with Gasteiger partial charge in [-0.2, -0.15) is 5.10 Å². The maximum absolute atomic E-state index is 13.1. The number of fused-ring (bicyclic) bond motifs is 1. The first-order chi connectivity index (χ1) is 18.0. The van der Waals surface area contributed by atoms with Crippen LogP contribution in [0, 0.1) is 0 Å². The van der Waals surface area contributed by atoms with Gasteiger partial charge in [-0.3, -0.25) is 9.59 Å². The molecular formula is C29H27N3O5. The van der Waals surface area contributed by atoms with Crippen molar-refractivity contribution in [1.82, 2.24) is 14.7 Å². The largest absolute Gasteiger partial charge is 0.497 e. The summed E-state index contributed by atoms with van der Waals surface area (Å²) in [7, 11) is 1.61. The minimum atomic E-state index is -0.744. The third-order valence-electron chi connectivity index (χ3n) is 6.38.